The van der Waals surface area contributed by atoms with E-state index in [1.165, 1.54) is 0 Å². The quantitative estimate of drug-likeness (QED) is 0.695. The molecule has 2 heterocycles. The molecule has 0 aliphatic heterocycles. The van der Waals surface area contributed by atoms with Crippen LogP contribution in [0.25, 0.3) is 21.8 Å². The van der Waals surface area contributed by atoms with E-state index in [1.54, 1.807) is 6.20 Å². The first-order valence-electron chi connectivity index (χ1n) is 6.22. The molecule has 0 bridgehead atoms. The van der Waals surface area contributed by atoms with E-state index in [0.29, 0.717) is 5.82 Å². The highest BCUT2D eigenvalue weighted by Crippen LogP contribution is 2.25. The molecule has 1 aromatic carbocycles. The lowest BCUT2D eigenvalue weighted by Gasteiger charge is -2.07. The van der Waals surface area contributed by atoms with Crippen molar-refractivity contribution in [2.45, 2.75) is 19.8 Å². The third-order valence-corrected chi connectivity index (χ3v) is 3.19. The number of aromatic nitrogens is 2. The molecule has 0 radical (unpaired) electrons. The van der Waals surface area contributed by atoms with Crippen molar-refractivity contribution in [3.63, 3.8) is 0 Å². The molecular formula is C15H15N3. The Bertz CT molecular complexity index is 719. The normalized spacial score (nSPS) is 11.2. The molecule has 0 atom stereocenters. The molecule has 0 saturated carbocycles. The van der Waals surface area contributed by atoms with Gasteiger partial charge in [-0.3, -0.25) is 4.98 Å². The van der Waals surface area contributed by atoms with E-state index in [2.05, 4.69) is 35.1 Å². The average molecular weight is 237 g/mol. The van der Waals surface area contributed by atoms with Gasteiger partial charge in [0.25, 0.3) is 0 Å². The van der Waals surface area contributed by atoms with Gasteiger partial charge in [0.2, 0.25) is 0 Å². The number of nitrogens with two attached hydrogens (primary N) is 1. The minimum Gasteiger partial charge on any atom is -0.383 e. The van der Waals surface area contributed by atoms with Gasteiger partial charge in [-0.25, -0.2) is 4.98 Å². The minimum atomic E-state index is 0.627. The zero-order valence-electron chi connectivity index (χ0n) is 10.4. The van der Waals surface area contributed by atoms with Crippen LogP contribution in [0.3, 0.4) is 0 Å². The molecule has 2 N–H and O–H groups in total. The monoisotopic (exact) mass is 237 g/mol. The summed E-state index contributed by atoms with van der Waals surface area (Å²) in [7, 11) is 0. The maximum atomic E-state index is 6.02. The van der Waals surface area contributed by atoms with Crippen molar-refractivity contribution in [1.82, 2.24) is 9.97 Å². The summed E-state index contributed by atoms with van der Waals surface area (Å²) in [6, 6.07) is 10.3. The van der Waals surface area contributed by atoms with E-state index >= 15 is 0 Å². The fourth-order valence-electron chi connectivity index (χ4n) is 2.30. The number of fused-ring (bicyclic) bond motifs is 3. The Hall–Kier alpha value is -2.16. The molecule has 3 rings (SSSR count). The van der Waals surface area contributed by atoms with Crippen LogP contribution in [-0.4, -0.2) is 9.97 Å². The van der Waals surface area contributed by atoms with Gasteiger partial charge in [0.1, 0.15) is 5.82 Å². The van der Waals surface area contributed by atoms with Gasteiger partial charge in [-0.2, -0.15) is 0 Å². The molecule has 0 aliphatic carbocycles. The fraction of sp³-hybridized carbons (Fsp3) is 0.200. The smallest absolute Gasteiger partial charge is 0.127 e. The predicted molar refractivity (Wildman–Crippen MR) is 75.5 cm³/mol. The van der Waals surface area contributed by atoms with Gasteiger partial charge in [0.15, 0.2) is 0 Å². The number of rotatable bonds is 2. The highest BCUT2D eigenvalue weighted by molar-refractivity contribution is 6.03. The number of aryl methyl sites for hydroxylation is 1. The first kappa shape index (κ1) is 11.0. The summed E-state index contributed by atoms with van der Waals surface area (Å²) in [5.74, 6) is 0.627. The fourth-order valence-corrected chi connectivity index (χ4v) is 2.30. The lowest BCUT2D eigenvalue weighted by atomic mass is 10.1. The second kappa shape index (κ2) is 4.26. The van der Waals surface area contributed by atoms with Crippen LogP contribution < -0.4 is 5.73 Å². The van der Waals surface area contributed by atoms with Crippen molar-refractivity contribution in [2.75, 3.05) is 5.73 Å². The van der Waals surface area contributed by atoms with Gasteiger partial charge in [-0.15, -0.1) is 0 Å². The third-order valence-electron chi connectivity index (χ3n) is 3.19. The summed E-state index contributed by atoms with van der Waals surface area (Å²) in [4.78, 5) is 8.95. The van der Waals surface area contributed by atoms with Crippen LogP contribution in [0.4, 0.5) is 5.82 Å². The lowest BCUT2D eigenvalue weighted by Crippen LogP contribution is -1.98. The van der Waals surface area contributed by atoms with Gasteiger partial charge >= 0.3 is 0 Å². The highest BCUT2D eigenvalue weighted by atomic mass is 14.9. The van der Waals surface area contributed by atoms with Crippen molar-refractivity contribution in [2.24, 2.45) is 0 Å². The summed E-state index contributed by atoms with van der Waals surface area (Å²) >= 11 is 0. The summed E-state index contributed by atoms with van der Waals surface area (Å²) in [6.07, 6.45) is 3.83. The van der Waals surface area contributed by atoms with Gasteiger partial charge < -0.3 is 5.73 Å². The van der Waals surface area contributed by atoms with Gasteiger partial charge in [-0.05, 0) is 24.1 Å². The van der Waals surface area contributed by atoms with Crippen LogP contribution in [0.5, 0.6) is 0 Å². The lowest BCUT2D eigenvalue weighted by molar-refractivity contribution is 0.921. The second-order valence-electron chi connectivity index (χ2n) is 4.50. The van der Waals surface area contributed by atoms with E-state index in [0.717, 1.165) is 40.2 Å². The minimum absolute atomic E-state index is 0.627. The van der Waals surface area contributed by atoms with E-state index in [9.17, 15) is 0 Å². The standard InChI is InChI=1S/C15H15N3/c1-2-4-12-9-11-7-6-10-5-3-8-17-13(10)14(11)18-15(12)16/h3,5-9H,2,4H2,1H3,(H2,16,18). The average Bonchev–Trinajstić information content (AvgIpc) is 2.40. The number of benzene rings is 1. The van der Waals surface area contributed by atoms with E-state index < -0.39 is 0 Å². The maximum absolute atomic E-state index is 6.02. The number of hydrogen-bond donors (Lipinski definition) is 1. The molecule has 0 amide bonds. The molecule has 2 aromatic heterocycles. The molecule has 0 spiro atoms. The van der Waals surface area contributed by atoms with Gasteiger partial charge in [-0.1, -0.05) is 31.5 Å². The number of nitrogens with zero attached hydrogens (tertiary/aromatic N) is 2. The maximum Gasteiger partial charge on any atom is 0.127 e. The van der Waals surface area contributed by atoms with Crippen molar-refractivity contribution in [1.29, 1.82) is 0 Å². The Morgan fingerprint density at radius 1 is 1.11 bits per heavy atom. The largest absolute Gasteiger partial charge is 0.383 e. The van der Waals surface area contributed by atoms with Crippen molar-refractivity contribution < 1.29 is 0 Å². The van der Waals surface area contributed by atoms with E-state index in [1.807, 2.05) is 12.1 Å². The summed E-state index contributed by atoms with van der Waals surface area (Å²) < 4.78 is 0. The van der Waals surface area contributed by atoms with Gasteiger partial charge in [0.05, 0.1) is 11.0 Å². The van der Waals surface area contributed by atoms with E-state index in [4.69, 9.17) is 5.73 Å². The molecule has 0 aliphatic rings. The Balaban J connectivity index is 2.35. The van der Waals surface area contributed by atoms with Crippen molar-refractivity contribution in [3.05, 3.63) is 42.1 Å². The van der Waals surface area contributed by atoms with Crippen LogP contribution in [0, 0.1) is 0 Å². The highest BCUT2D eigenvalue weighted by Gasteiger charge is 2.07. The molecule has 0 saturated heterocycles. The Morgan fingerprint density at radius 2 is 1.94 bits per heavy atom. The molecule has 18 heavy (non-hydrogen) atoms. The Kier molecular flexibility index (Phi) is 2.59. The third kappa shape index (κ3) is 1.68. The molecule has 3 heteroatoms. The first-order valence-corrected chi connectivity index (χ1v) is 6.22. The molecule has 3 nitrogen and oxygen atoms in total. The zero-order valence-corrected chi connectivity index (χ0v) is 10.4. The predicted octanol–water partition coefficient (Wildman–Crippen LogP) is 3.32. The first-order chi connectivity index (χ1) is 8.79. The van der Waals surface area contributed by atoms with Crippen LogP contribution in [0.2, 0.25) is 0 Å². The summed E-state index contributed by atoms with van der Waals surface area (Å²) in [5.41, 5.74) is 8.97. The topological polar surface area (TPSA) is 51.8 Å². The molecule has 0 fully saturated rings. The number of nitrogen functional groups attached to an aromatic ring is 1. The van der Waals surface area contributed by atoms with Crippen LogP contribution in [0.1, 0.15) is 18.9 Å². The van der Waals surface area contributed by atoms with Crippen LogP contribution >= 0.6 is 0 Å². The van der Waals surface area contributed by atoms with Crippen LogP contribution in [0.15, 0.2) is 36.5 Å². The molecule has 90 valence electrons. The number of anilines is 1. The van der Waals surface area contributed by atoms with Crippen molar-refractivity contribution in [3.8, 4) is 0 Å². The van der Waals surface area contributed by atoms with Crippen LogP contribution in [-0.2, 0) is 6.42 Å². The number of hydrogen-bond acceptors (Lipinski definition) is 3. The number of pyridine rings is 2. The van der Waals surface area contributed by atoms with Crippen molar-refractivity contribution >= 4 is 27.6 Å². The molecule has 0 unspecified atom stereocenters. The van der Waals surface area contributed by atoms with Gasteiger partial charge in [0, 0.05) is 17.0 Å². The second-order valence-corrected chi connectivity index (χ2v) is 4.50. The van der Waals surface area contributed by atoms with E-state index in [-0.39, 0.29) is 0 Å². The zero-order chi connectivity index (χ0) is 12.5. The summed E-state index contributed by atoms with van der Waals surface area (Å²) in [5, 5.41) is 2.21. The molecular weight excluding hydrogens is 222 g/mol. The Morgan fingerprint density at radius 3 is 2.78 bits per heavy atom. The SMILES string of the molecule is CCCc1cc2ccc3cccnc3c2nc1N. The molecule has 3 aromatic rings. The summed E-state index contributed by atoms with van der Waals surface area (Å²) in [6.45, 7) is 2.14. The Labute approximate surface area is 106 Å².